The van der Waals surface area contributed by atoms with E-state index in [2.05, 4.69) is 90.3 Å². The summed E-state index contributed by atoms with van der Waals surface area (Å²) in [4.78, 5) is 11.3. The van der Waals surface area contributed by atoms with Crippen LogP contribution in [0, 0.1) is 20.8 Å². The maximum absolute atomic E-state index is 3.75. The Balaban J connectivity index is 1.90. The molecular formula is C27H21N3. The van der Waals surface area contributed by atoms with E-state index in [-0.39, 0.29) is 0 Å². The highest BCUT2D eigenvalue weighted by Gasteiger charge is 2.20. The SMILES string of the molecule is Cc1ccc2[nH]c3c(c2c1)c1[nH]c2ccc(C)cc2c1c1[nH]c2ccc(C)cc2c31. The summed E-state index contributed by atoms with van der Waals surface area (Å²) in [6, 6.07) is 20.1. The number of benzene rings is 4. The lowest BCUT2D eigenvalue weighted by atomic mass is 10.0. The van der Waals surface area contributed by atoms with Crippen LogP contribution in [-0.4, -0.2) is 15.0 Å². The molecule has 0 radical (unpaired) electrons. The van der Waals surface area contributed by atoms with Crippen molar-refractivity contribution >= 4 is 65.4 Å². The molecule has 30 heavy (non-hydrogen) atoms. The zero-order chi connectivity index (χ0) is 20.1. The van der Waals surface area contributed by atoms with E-state index < -0.39 is 0 Å². The molecule has 3 heterocycles. The summed E-state index contributed by atoms with van der Waals surface area (Å²) in [6.45, 7) is 6.49. The summed E-state index contributed by atoms with van der Waals surface area (Å²) in [5, 5.41) is 7.69. The topological polar surface area (TPSA) is 47.4 Å². The highest BCUT2D eigenvalue weighted by Crippen LogP contribution is 2.44. The summed E-state index contributed by atoms with van der Waals surface area (Å²) in [6.07, 6.45) is 0. The average Bonchev–Trinajstić information content (AvgIpc) is 3.38. The van der Waals surface area contributed by atoms with Gasteiger partial charge in [0.1, 0.15) is 0 Å². The van der Waals surface area contributed by atoms with Gasteiger partial charge >= 0.3 is 0 Å². The zero-order valence-corrected chi connectivity index (χ0v) is 17.2. The Kier molecular flexibility index (Phi) is 2.82. The lowest BCUT2D eigenvalue weighted by Crippen LogP contribution is -1.78. The number of nitrogens with one attached hydrogen (secondary N) is 3. The molecule has 0 bridgehead atoms. The molecule has 0 atom stereocenters. The molecule has 0 fully saturated rings. The first kappa shape index (κ1) is 16.1. The van der Waals surface area contributed by atoms with Gasteiger partial charge in [0.2, 0.25) is 0 Å². The summed E-state index contributed by atoms with van der Waals surface area (Å²) >= 11 is 0. The van der Waals surface area contributed by atoms with Crippen molar-refractivity contribution < 1.29 is 0 Å². The normalized spacial score (nSPS) is 12.5. The van der Waals surface area contributed by atoms with Gasteiger partial charge in [-0.1, -0.05) is 34.9 Å². The number of fused-ring (bicyclic) bond motifs is 12. The van der Waals surface area contributed by atoms with E-state index in [9.17, 15) is 0 Å². The molecule has 7 rings (SSSR count). The second kappa shape index (κ2) is 5.25. The van der Waals surface area contributed by atoms with Crippen LogP contribution in [0.1, 0.15) is 16.7 Å². The molecule has 0 saturated heterocycles. The smallest absolute Gasteiger partial charge is 0.0588 e. The Labute approximate surface area is 172 Å². The molecule has 3 nitrogen and oxygen atoms in total. The maximum atomic E-state index is 3.75. The van der Waals surface area contributed by atoms with Crippen LogP contribution in [0.15, 0.2) is 54.6 Å². The second-order valence-corrected chi connectivity index (χ2v) is 8.77. The van der Waals surface area contributed by atoms with Crippen molar-refractivity contribution in [3.8, 4) is 0 Å². The first-order valence-electron chi connectivity index (χ1n) is 10.5. The molecular weight excluding hydrogens is 366 g/mol. The first-order chi connectivity index (χ1) is 14.6. The zero-order valence-electron chi connectivity index (χ0n) is 17.2. The van der Waals surface area contributed by atoms with Crippen LogP contribution in [0.4, 0.5) is 0 Å². The lowest BCUT2D eigenvalue weighted by Gasteiger charge is -2.01. The van der Waals surface area contributed by atoms with Gasteiger partial charge in [-0.3, -0.25) is 0 Å². The third-order valence-corrected chi connectivity index (χ3v) is 6.61. The Morgan fingerprint density at radius 2 is 0.733 bits per heavy atom. The van der Waals surface area contributed by atoms with Crippen LogP contribution in [-0.2, 0) is 0 Å². The van der Waals surface area contributed by atoms with Crippen LogP contribution in [0.5, 0.6) is 0 Å². The minimum Gasteiger partial charge on any atom is -0.354 e. The fourth-order valence-corrected chi connectivity index (χ4v) is 5.26. The van der Waals surface area contributed by atoms with Crippen LogP contribution in [0.25, 0.3) is 65.4 Å². The standard InChI is InChI=1S/C27H21N3/c1-13-4-7-19-16(10-13)22-25(28-19)23-18-12-15(3)6-9-21(18)30-27(23)24-17-11-14(2)5-8-20(17)29-26(22)24/h4-12,28-30H,1-3H3. The van der Waals surface area contributed by atoms with Gasteiger partial charge in [-0.25, -0.2) is 0 Å². The molecule has 4 aromatic carbocycles. The number of hydrogen-bond donors (Lipinski definition) is 3. The number of H-pyrrole nitrogens is 3. The van der Waals surface area contributed by atoms with E-state index in [1.54, 1.807) is 0 Å². The molecule has 0 unspecified atom stereocenters. The van der Waals surface area contributed by atoms with Crippen molar-refractivity contribution in [3.63, 3.8) is 0 Å². The lowest BCUT2D eigenvalue weighted by molar-refractivity contribution is 1.49. The molecule has 0 aliphatic carbocycles. The molecule has 3 N–H and O–H groups in total. The van der Waals surface area contributed by atoms with Crippen molar-refractivity contribution in [3.05, 3.63) is 71.3 Å². The number of aryl methyl sites for hydroxylation is 3. The van der Waals surface area contributed by atoms with E-state index in [0.717, 1.165) is 0 Å². The summed E-state index contributed by atoms with van der Waals surface area (Å²) in [5.41, 5.74) is 11.0. The van der Waals surface area contributed by atoms with Crippen molar-refractivity contribution in [1.29, 1.82) is 0 Å². The second-order valence-electron chi connectivity index (χ2n) is 8.77. The Morgan fingerprint density at radius 1 is 0.433 bits per heavy atom. The maximum Gasteiger partial charge on any atom is 0.0588 e. The molecule has 7 aromatic rings. The number of aromatic amines is 3. The van der Waals surface area contributed by atoms with Crippen LogP contribution in [0.3, 0.4) is 0 Å². The monoisotopic (exact) mass is 387 g/mol. The van der Waals surface area contributed by atoms with E-state index in [4.69, 9.17) is 0 Å². The summed E-state index contributed by atoms with van der Waals surface area (Å²) < 4.78 is 0. The van der Waals surface area contributed by atoms with Gasteiger partial charge in [0.25, 0.3) is 0 Å². The van der Waals surface area contributed by atoms with Gasteiger partial charge in [-0.15, -0.1) is 0 Å². The molecule has 0 aliphatic rings. The van der Waals surface area contributed by atoms with E-state index in [1.807, 2.05) is 0 Å². The molecule has 0 amide bonds. The van der Waals surface area contributed by atoms with Gasteiger partial charge < -0.3 is 15.0 Å². The molecule has 0 saturated carbocycles. The number of aromatic nitrogens is 3. The van der Waals surface area contributed by atoms with E-state index in [1.165, 1.54) is 82.1 Å². The van der Waals surface area contributed by atoms with Crippen LogP contribution in [0.2, 0.25) is 0 Å². The van der Waals surface area contributed by atoms with Gasteiger partial charge in [0.05, 0.1) is 16.6 Å². The number of hydrogen-bond acceptors (Lipinski definition) is 0. The highest BCUT2D eigenvalue weighted by molar-refractivity contribution is 6.38. The van der Waals surface area contributed by atoms with Crippen molar-refractivity contribution in [2.75, 3.05) is 0 Å². The first-order valence-corrected chi connectivity index (χ1v) is 10.5. The molecule has 3 aromatic heterocycles. The van der Waals surface area contributed by atoms with Crippen molar-refractivity contribution in [1.82, 2.24) is 15.0 Å². The largest absolute Gasteiger partial charge is 0.354 e. The molecule has 0 aliphatic heterocycles. The highest BCUT2D eigenvalue weighted by atomic mass is 14.8. The fraction of sp³-hybridized carbons (Fsp3) is 0.111. The predicted molar refractivity (Wildman–Crippen MR) is 129 cm³/mol. The summed E-state index contributed by atoms with van der Waals surface area (Å²) in [7, 11) is 0. The van der Waals surface area contributed by atoms with Gasteiger partial charge in [-0.2, -0.15) is 0 Å². The fourth-order valence-electron chi connectivity index (χ4n) is 5.26. The minimum atomic E-state index is 1.18. The Morgan fingerprint density at radius 3 is 1.03 bits per heavy atom. The van der Waals surface area contributed by atoms with Crippen LogP contribution >= 0.6 is 0 Å². The molecule has 3 heteroatoms. The van der Waals surface area contributed by atoms with Gasteiger partial charge in [0.15, 0.2) is 0 Å². The van der Waals surface area contributed by atoms with E-state index >= 15 is 0 Å². The van der Waals surface area contributed by atoms with Crippen LogP contribution < -0.4 is 0 Å². The minimum absolute atomic E-state index is 1.18. The van der Waals surface area contributed by atoms with Crippen molar-refractivity contribution in [2.24, 2.45) is 0 Å². The van der Waals surface area contributed by atoms with Gasteiger partial charge in [-0.05, 0) is 57.2 Å². The molecule has 0 spiro atoms. The molecule has 144 valence electrons. The van der Waals surface area contributed by atoms with Crippen molar-refractivity contribution in [2.45, 2.75) is 20.8 Å². The Bertz CT molecular complexity index is 1580. The predicted octanol–water partition coefficient (Wildman–Crippen LogP) is 7.52. The third-order valence-electron chi connectivity index (χ3n) is 6.61. The number of rotatable bonds is 0. The average molecular weight is 387 g/mol. The third kappa shape index (κ3) is 1.90. The van der Waals surface area contributed by atoms with E-state index in [0.29, 0.717) is 0 Å². The summed E-state index contributed by atoms with van der Waals surface area (Å²) in [5.74, 6) is 0. The Hall–Kier alpha value is -3.72. The van der Waals surface area contributed by atoms with Gasteiger partial charge in [0, 0.05) is 48.9 Å². The quantitative estimate of drug-likeness (QED) is 0.241.